The summed E-state index contributed by atoms with van der Waals surface area (Å²) in [7, 11) is 0. The van der Waals surface area contributed by atoms with E-state index in [1.165, 1.54) is 13.8 Å². The second kappa shape index (κ2) is 9.71. The van der Waals surface area contributed by atoms with Crippen LogP contribution in [0.2, 0.25) is 0 Å². The maximum Gasteiger partial charge on any atom is 0.308 e. The van der Waals surface area contributed by atoms with E-state index in [0.717, 1.165) is 0 Å². The van der Waals surface area contributed by atoms with Gasteiger partial charge in [-0.1, -0.05) is 13.8 Å². The lowest BCUT2D eigenvalue weighted by Crippen LogP contribution is -2.63. The van der Waals surface area contributed by atoms with Crippen molar-refractivity contribution in [1.29, 1.82) is 0 Å². The summed E-state index contributed by atoms with van der Waals surface area (Å²) < 4.78 is 28.2. The second-order valence-corrected chi connectivity index (χ2v) is 6.95. The van der Waals surface area contributed by atoms with Gasteiger partial charge in [0.25, 0.3) is 0 Å². The van der Waals surface area contributed by atoms with E-state index in [1.54, 1.807) is 0 Å². The number of carbonyl (C=O) groups excluding carboxylic acids is 1. The Hall–Kier alpha value is -0.930. The van der Waals surface area contributed by atoms with Crippen LogP contribution in [0.15, 0.2) is 0 Å². The molecule has 0 spiro atoms. The smallest absolute Gasteiger partial charge is 0.308 e. The maximum atomic E-state index is 11.7. The minimum Gasteiger partial charge on any atom is -0.463 e. The molecule has 7 N–H and O–H groups in total. The van der Waals surface area contributed by atoms with Crippen molar-refractivity contribution in [2.75, 3.05) is 13.2 Å². The van der Waals surface area contributed by atoms with Crippen LogP contribution >= 0.6 is 0 Å². The van der Waals surface area contributed by atoms with E-state index in [0.29, 0.717) is 0 Å². The minimum absolute atomic E-state index is 0.569. The van der Waals surface area contributed by atoms with Crippen molar-refractivity contribution in [3.8, 4) is 0 Å². The lowest BCUT2D eigenvalue weighted by atomic mass is 9.98. The lowest BCUT2D eigenvalue weighted by molar-refractivity contribution is -0.376. The van der Waals surface area contributed by atoms with Gasteiger partial charge in [0.05, 0.1) is 12.5 Å². The fourth-order valence-electron chi connectivity index (χ4n) is 2.78. The normalized spacial score (nSPS) is 45.4. The van der Waals surface area contributed by atoms with Gasteiger partial charge in [-0.2, -0.15) is 0 Å². The van der Waals surface area contributed by atoms with Gasteiger partial charge in [0.15, 0.2) is 12.6 Å². The van der Waals surface area contributed by atoms with Gasteiger partial charge in [0.1, 0.15) is 55.4 Å². The Bertz CT molecular complexity index is 555. The van der Waals surface area contributed by atoms with Crippen molar-refractivity contribution in [2.45, 2.75) is 75.3 Å². The molecule has 2 rings (SSSR count). The second-order valence-electron chi connectivity index (χ2n) is 6.95. The van der Waals surface area contributed by atoms with Crippen molar-refractivity contribution in [2.24, 2.45) is 5.89 Å². The molecule has 2 fully saturated rings. The van der Waals surface area contributed by atoms with Crippen LogP contribution in [0.4, 0.5) is 0 Å². The average molecular weight is 413 g/mol. The Morgan fingerprint density at radius 1 is 0.893 bits per heavy atom. The fourth-order valence-corrected chi connectivity index (χ4v) is 2.78. The molecule has 0 aromatic carbocycles. The molecule has 12 nitrogen and oxygen atoms in total. The Morgan fingerprint density at radius 2 is 1.36 bits per heavy atom. The van der Waals surface area contributed by atoms with E-state index in [4.69, 9.17) is 20.3 Å². The van der Waals surface area contributed by atoms with E-state index >= 15 is 0 Å². The van der Waals surface area contributed by atoms with Crippen LogP contribution in [-0.2, 0) is 23.7 Å². The Labute approximate surface area is 162 Å². The molecule has 0 aromatic heterocycles. The van der Waals surface area contributed by atoms with Gasteiger partial charge in [-0.15, -0.1) is 0 Å². The Kier molecular flexibility index (Phi) is 7.55. The first-order valence-corrected chi connectivity index (χ1v) is 8.71. The Morgan fingerprint density at radius 3 is 1.82 bits per heavy atom. The molecule has 2 heterocycles. The molecule has 12 heteroatoms. The standard InChI is InChI=1S/C16H28O12/c1-5(2)14(24)25-4-7-9(19)11(21)13(23)16(27-7)28-15-12(22)10(20)8(18)6(3-17)26-15/h5-13,15-23H,3-4H2,1-2H3/t6-,7-,8-,9-,10+,11+,12-,13-,15-,16?/m1/s1/i5D. The van der Waals surface area contributed by atoms with Gasteiger partial charge in [-0.05, 0) is 0 Å². The van der Waals surface area contributed by atoms with Crippen LogP contribution in [0, 0.1) is 5.89 Å². The average Bonchev–Trinajstić information content (AvgIpc) is 2.66. The van der Waals surface area contributed by atoms with Crippen molar-refractivity contribution in [3.63, 3.8) is 0 Å². The zero-order chi connectivity index (χ0) is 22.1. The fraction of sp³-hybridized carbons (Fsp3) is 0.938. The molecule has 1 unspecified atom stereocenters. The summed E-state index contributed by atoms with van der Waals surface area (Å²) in [6.07, 6.45) is -16.4. The minimum atomic E-state index is -1.81. The first-order valence-electron chi connectivity index (χ1n) is 9.21. The first kappa shape index (κ1) is 21.8. The molecule has 2 aliphatic rings. The molecule has 0 amide bonds. The van der Waals surface area contributed by atoms with Gasteiger partial charge in [0, 0.05) is 1.37 Å². The lowest BCUT2D eigenvalue weighted by Gasteiger charge is -2.44. The van der Waals surface area contributed by atoms with Gasteiger partial charge >= 0.3 is 5.97 Å². The van der Waals surface area contributed by atoms with Crippen LogP contribution in [0.3, 0.4) is 0 Å². The molecule has 28 heavy (non-hydrogen) atoms. The van der Waals surface area contributed by atoms with E-state index in [2.05, 4.69) is 0 Å². The molecule has 0 aromatic rings. The molecule has 2 saturated heterocycles. The number of esters is 1. The number of carbonyl (C=O) groups is 1. The number of rotatable bonds is 6. The molecule has 2 aliphatic heterocycles. The number of ether oxygens (including phenoxy) is 4. The highest BCUT2D eigenvalue weighted by molar-refractivity contribution is 5.71. The van der Waals surface area contributed by atoms with Gasteiger partial charge in [0.2, 0.25) is 0 Å². The van der Waals surface area contributed by atoms with Crippen molar-refractivity contribution >= 4 is 5.97 Å². The summed E-state index contributed by atoms with van der Waals surface area (Å²) >= 11 is 0. The highest BCUT2D eigenvalue weighted by Gasteiger charge is 2.49. The molecular formula is C16H28O12. The third-order valence-corrected chi connectivity index (χ3v) is 4.57. The van der Waals surface area contributed by atoms with Crippen LogP contribution in [-0.4, -0.2) is 116 Å². The zero-order valence-electron chi connectivity index (χ0n) is 16.4. The van der Waals surface area contributed by atoms with Gasteiger partial charge in [-0.25, -0.2) is 0 Å². The molecule has 10 atom stereocenters. The molecule has 0 bridgehead atoms. The van der Waals surface area contributed by atoms with Crippen molar-refractivity contribution in [1.82, 2.24) is 0 Å². The van der Waals surface area contributed by atoms with Crippen LogP contribution < -0.4 is 0 Å². The van der Waals surface area contributed by atoms with E-state index in [1.807, 2.05) is 0 Å². The summed E-state index contributed by atoms with van der Waals surface area (Å²) in [5.74, 6) is -2.48. The SMILES string of the molecule is [2H]C(C)(C)C(=O)OC[C@H]1OC(O[C@H]2O[C@H](CO)[C@@H](O)[C@H](O)[C@H]2O)[C@H](O)[C@@H](O)[C@@H]1O. The summed E-state index contributed by atoms with van der Waals surface area (Å²) in [5.41, 5.74) is 0. The summed E-state index contributed by atoms with van der Waals surface area (Å²) in [4.78, 5) is 11.7. The monoisotopic (exact) mass is 413 g/mol. The predicted molar refractivity (Wildman–Crippen MR) is 87.3 cm³/mol. The summed E-state index contributed by atoms with van der Waals surface area (Å²) in [5, 5.41) is 68.9. The highest BCUT2D eigenvalue weighted by Crippen LogP contribution is 2.28. The molecule has 0 radical (unpaired) electrons. The third-order valence-electron chi connectivity index (χ3n) is 4.57. The number of aliphatic hydroxyl groups is 7. The summed E-state index contributed by atoms with van der Waals surface area (Å²) in [6, 6.07) is 0. The molecule has 164 valence electrons. The number of aliphatic hydroxyl groups excluding tert-OH is 7. The van der Waals surface area contributed by atoms with E-state index in [9.17, 15) is 40.5 Å². The van der Waals surface area contributed by atoms with E-state index < -0.39 is 86.5 Å². The van der Waals surface area contributed by atoms with Gasteiger partial charge in [-0.3, -0.25) is 4.79 Å². The third kappa shape index (κ3) is 4.97. The summed E-state index contributed by atoms with van der Waals surface area (Å²) in [6.45, 7) is 1.30. The van der Waals surface area contributed by atoms with Crippen molar-refractivity contribution in [3.05, 3.63) is 0 Å². The van der Waals surface area contributed by atoms with E-state index in [-0.39, 0.29) is 0 Å². The largest absolute Gasteiger partial charge is 0.463 e. The number of hydrogen-bond acceptors (Lipinski definition) is 12. The maximum absolute atomic E-state index is 11.7. The first-order chi connectivity index (χ1) is 13.4. The Balaban J connectivity index is 2.06. The molecule has 0 saturated carbocycles. The quantitative estimate of drug-likeness (QED) is 0.208. The molecular weight excluding hydrogens is 384 g/mol. The van der Waals surface area contributed by atoms with Crippen molar-refractivity contribution < 1.29 is 60.9 Å². The topological polar surface area (TPSA) is 196 Å². The van der Waals surface area contributed by atoms with Crippen LogP contribution in [0.5, 0.6) is 0 Å². The van der Waals surface area contributed by atoms with Crippen LogP contribution in [0.25, 0.3) is 0 Å². The number of hydrogen-bond donors (Lipinski definition) is 7. The zero-order valence-corrected chi connectivity index (χ0v) is 15.4. The molecule has 0 aliphatic carbocycles. The highest BCUT2D eigenvalue weighted by atomic mass is 16.8. The van der Waals surface area contributed by atoms with Gasteiger partial charge < -0.3 is 54.7 Å². The van der Waals surface area contributed by atoms with Crippen LogP contribution in [0.1, 0.15) is 15.2 Å². The predicted octanol–water partition coefficient (Wildman–Crippen LogP) is -4.19.